The number of anilines is 1. The molecule has 11 heteroatoms. The van der Waals surface area contributed by atoms with Gasteiger partial charge in [-0.25, -0.2) is 0 Å². The van der Waals surface area contributed by atoms with E-state index in [1.807, 2.05) is 0 Å². The highest BCUT2D eigenvalue weighted by molar-refractivity contribution is 7.16. The summed E-state index contributed by atoms with van der Waals surface area (Å²) in [4.78, 5) is 30.4. The van der Waals surface area contributed by atoms with Gasteiger partial charge in [-0.3, -0.25) is 19.1 Å². The fourth-order valence-corrected chi connectivity index (χ4v) is 4.74. The van der Waals surface area contributed by atoms with Crippen molar-refractivity contribution < 1.29 is 14.3 Å². The highest BCUT2D eigenvalue weighted by atomic mass is 32.1. The number of aromatic nitrogens is 3. The number of aliphatic hydroxyl groups is 1. The average Bonchev–Trinajstić information content (AvgIpc) is 3.05. The molecule has 2 atom stereocenters. The SMILES string of the molecule is CC(C)(C)[Si](C)(C)OC[C@@H]1C[C@](O)(n2c(=O)sc3c(=O)[nH]c(N)nc32)CO1. The normalized spacial score (nSPS) is 24.0. The molecule has 4 N–H and O–H groups in total. The van der Waals surface area contributed by atoms with Gasteiger partial charge in [0, 0.05) is 6.42 Å². The van der Waals surface area contributed by atoms with Gasteiger partial charge in [0.2, 0.25) is 5.95 Å². The molecule has 0 radical (unpaired) electrons. The minimum absolute atomic E-state index is 0.0604. The standard InChI is InChI=1S/C16H26N4O5SSi/c1-15(2,3)27(4,5)25-7-9-6-16(23,8-24-9)20-11-10(26-14(20)22)12(21)19-13(17)18-11/h9,23H,6-8H2,1-5H3,(H3,17,18,19,21)/t9-,16+/m0/s1. The maximum Gasteiger partial charge on any atom is 0.312 e. The van der Waals surface area contributed by atoms with Gasteiger partial charge in [-0.15, -0.1) is 0 Å². The fourth-order valence-electron chi connectivity index (χ4n) is 2.81. The first-order valence-electron chi connectivity index (χ1n) is 8.74. The molecule has 2 aromatic rings. The first-order chi connectivity index (χ1) is 12.3. The Labute approximate surface area is 161 Å². The number of rotatable bonds is 4. The number of ether oxygens (including phenoxy) is 1. The van der Waals surface area contributed by atoms with Gasteiger partial charge in [0.05, 0.1) is 19.3 Å². The molecule has 0 amide bonds. The summed E-state index contributed by atoms with van der Waals surface area (Å²) < 4.78 is 13.1. The lowest BCUT2D eigenvalue weighted by Gasteiger charge is -2.36. The molecule has 3 heterocycles. The molecule has 1 fully saturated rings. The Morgan fingerprint density at radius 3 is 2.78 bits per heavy atom. The third-order valence-corrected chi connectivity index (χ3v) is 10.8. The minimum Gasteiger partial charge on any atom is -0.414 e. The fraction of sp³-hybridized carbons (Fsp3) is 0.688. The Balaban J connectivity index is 1.86. The second-order valence-corrected chi connectivity index (χ2v) is 14.3. The molecule has 9 nitrogen and oxygen atoms in total. The Morgan fingerprint density at radius 2 is 2.15 bits per heavy atom. The van der Waals surface area contributed by atoms with E-state index in [0.29, 0.717) is 6.61 Å². The second-order valence-electron chi connectivity index (χ2n) is 8.50. The number of H-pyrrole nitrogens is 1. The average molecular weight is 415 g/mol. The molecule has 3 rings (SSSR count). The number of hydrogen-bond donors (Lipinski definition) is 3. The second kappa shape index (κ2) is 6.52. The van der Waals surface area contributed by atoms with Crippen molar-refractivity contribution in [2.45, 2.75) is 57.2 Å². The molecule has 0 unspecified atom stereocenters. The summed E-state index contributed by atoms with van der Waals surface area (Å²) in [6.45, 7) is 11.0. The lowest BCUT2D eigenvalue weighted by atomic mass is 10.1. The maximum absolute atomic E-state index is 12.5. The van der Waals surface area contributed by atoms with Crippen LogP contribution in [0.25, 0.3) is 10.3 Å². The molecule has 1 aliphatic heterocycles. The molecule has 0 saturated carbocycles. The van der Waals surface area contributed by atoms with Crippen molar-refractivity contribution >= 4 is 35.9 Å². The third kappa shape index (κ3) is 3.61. The molecule has 150 valence electrons. The summed E-state index contributed by atoms with van der Waals surface area (Å²) in [7, 11) is -1.96. The molecular weight excluding hydrogens is 388 g/mol. The number of aromatic amines is 1. The number of nitrogens with one attached hydrogen (secondary N) is 1. The summed E-state index contributed by atoms with van der Waals surface area (Å²) in [6.07, 6.45) is -0.188. The van der Waals surface area contributed by atoms with Crippen LogP contribution in [0, 0.1) is 0 Å². The smallest absolute Gasteiger partial charge is 0.312 e. The van der Waals surface area contributed by atoms with E-state index in [-0.39, 0.29) is 40.5 Å². The van der Waals surface area contributed by atoms with Gasteiger partial charge in [-0.1, -0.05) is 32.1 Å². The molecule has 0 bridgehead atoms. The van der Waals surface area contributed by atoms with E-state index in [1.54, 1.807) is 0 Å². The van der Waals surface area contributed by atoms with Crippen LogP contribution in [-0.2, 0) is 14.9 Å². The predicted octanol–water partition coefficient (Wildman–Crippen LogP) is 1.18. The van der Waals surface area contributed by atoms with Crippen LogP contribution < -0.4 is 16.2 Å². The highest BCUT2D eigenvalue weighted by Gasteiger charge is 2.44. The van der Waals surface area contributed by atoms with Crippen molar-refractivity contribution in [3.8, 4) is 0 Å². The van der Waals surface area contributed by atoms with E-state index >= 15 is 0 Å². The molecule has 1 saturated heterocycles. The lowest BCUT2D eigenvalue weighted by molar-refractivity contribution is -0.0427. The van der Waals surface area contributed by atoms with E-state index in [0.717, 1.165) is 15.9 Å². The lowest BCUT2D eigenvalue weighted by Crippen LogP contribution is -2.43. The van der Waals surface area contributed by atoms with Crippen molar-refractivity contribution in [3.63, 3.8) is 0 Å². The summed E-state index contributed by atoms with van der Waals surface area (Å²) in [5.74, 6) is -0.112. The van der Waals surface area contributed by atoms with Crippen LogP contribution in [0.3, 0.4) is 0 Å². The topological polar surface area (TPSA) is 132 Å². The van der Waals surface area contributed by atoms with Crippen LogP contribution in [0.1, 0.15) is 27.2 Å². The molecule has 0 spiro atoms. The Bertz CT molecular complexity index is 976. The Kier molecular flexibility index (Phi) is 4.88. The molecule has 2 aromatic heterocycles. The van der Waals surface area contributed by atoms with Crippen molar-refractivity contribution in [2.75, 3.05) is 18.9 Å². The first-order valence-corrected chi connectivity index (χ1v) is 12.5. The molecule has 27 heavy (non-hydrogen) atoms. The van der Waals surface area contributed by atoms with Crippen molar-refractivity contribution in [2.24, 2.45) is 0 Å². The van der Waals surface area contributed by atoms with E-state index < -0.39 is 24.5 Å². The van der Waals surface area contributed by atoms with Gasteiger partial charge in [-0.05, 0) is 18.1 Å². The van der Waals surface area contributed by atoms with E-state index in [2.05, 4.69) is 43.8 Å². The van der Waals surface area contributed by atoms with E-state index in [4.69, 9.17) is 14.9 Å². The van der Waals surface area contributed by atoms with Crippen LogP contribution in [0.5, 0.6) is 0 Å². The summed E-state index contributed by atoms with van der Waals surface area (Å²) >= 11 is 0.727. The monoisotopic (exact) mass is 414 g/mol. The molecule has 0 aromatic carbocycles. The number of hydrogen-bond acceptors (Lipinski definition) is 8. The van der Waals surface area contributed by atoms with Gasteiger partial charge in [0.25, 0.3) is 5.56 Å². The summed E-state index contributed by atoms with van der Waals surface area (Å²) in [6, 6.07) is 0. The van der Waals surface area contributed by atoms with Crippen LogP contribution in [-0.4, -0.2) is 47.3 Å². The quantitative estimate of drug-likeness (QED) is 0.640. The van der Waals surface area contributed by atoms with Gasteiger partial charge < -0.3 is 20.0 Å². The van der Waals surface area contributed by atoms with Crippen molar-refractivity contribution in [1.82, 2.24) is 14.5 Å². The zero-order chi connectivity index (χ0) is 20.2. The van der Waals surface area contributed by atoms with Gasteiger partial charge in [-0.2, -0.15) is 4.98 Å². The maximum atomic E-state index is 12.5. The zero-order valence-electron chi connectivity index (χ0n) is 16.2. The number of nitrogens with two attached hydrogens (primary N) is 1. The largest absolute Gasteiger partial charge is 0.414 e. The van der Waals surface area contributed by atoms with Crippen molar-refractivity contribution in [1.29, 1.82) is 0 Å². The predicted molar refractivity (Wildman–Crippen MR) is 107 cm³/mol. The van der Waals surface area contributed by atoms with Crippen LogP contribution in [0.4, 0.5) is 5.95 Å². The van der Waals surface area contributed by atoms with Gasteiger partial charge in [0.15, 0.2) is 19.7 Å². The molecular formula is C16H26N4O5SSi. The van der Waals surface area contributed by atoms with E-state index in [9.17, 15) is 14.7 Å². The first kappa shape index (κ1) is 20.2. The molecule has 0 aliphatic carbocycles. The number of nitrogen functional groups attached to an aromatic ring is 1. The van der Waals surface area contributed by atoms with Crippen LogP contribution >= 0.6 is 11.3 Å². The van der Waals surface area contributed by atoms with Gasteiger partial charge >= 0.3 is 4.87 Å². The summed E-state index contributed by atoms with van der Waals surface area (Å²) in [5.41, 5.74) is 3.58. The minimum atomic E-state index is -1.96. The number of nitrogens with zero attached hydrogens (tertiary/aromatic N) is 2. The number of fused-ring (bicyclic) bond motifs is 1. The van der Waals surface area contributed by atoms with Crippen LogP contribution in [0.2, 0.25) is 18.1 Å². The van der Waals surface area contributed by atoms with Crippen molar-refractivity contribution in [3.05, 3.63) is 20.0 Å². The zero-order valence-corrected chi connectivity index (χ0v) is 18.0. The third-order valence-electron chi connectivity index (χ3n) is 5.42. The highest BCUT2D eigenvalue weighted by Crippen LogP contribution is 2.38. The molecule has 1 aliphatic rings. The van der Waals surface area contributed by atoms with Gasteiger partial charge in [0.1, 0.15) is 4.70 Å². The van der Waals surface area contributed by atoms with Crippen LogP contribution in [0.15, 0.2) is 9.59 Å². The van der Waals surface area contributed by atoms with E-state index in [1.165, 1.54) is 0 Å². The summed E-state index contributed by atoms with van der Waals surface area (Å²) in [5, 5.41) is 11.1. The number of thiazole rings is 1. The Hall–Kier alpha value is -1.53. The Morgan fingerprint density at radius 1 is 1.48 bits per heavy atom.